The predicted molar refractivity (Wildman–Crippen MR) is 111 cm³/mol. The number of nitrogen functional groups attached to an aromatic ring is 1. The van der Waals surface area contributed by atoms with Gasteiger partial charge in [0.05, 0.1) is 31.7 Å². The Bertz CT molecular complexity index is 1070. The van der Waals surface area contributed by atoms with Gasteiger partial charge in [0.15, 0.2) is 17.7 Å². The summed E-state index contributed by atoms with van der Waals surface area (Å²) < 4.78 is 75.0. The molecular formula is C21H21F5N4O5. The molecule has 1 fully saturated rings. The Balaban J connectivity index is 1.65. The second kappa shape index (κ2) is 10.3. The summed E-state index contributed by atoms with van der Waals surface area (Å²) in [6.45, 7) is -1.78. The zero-order valence-electron chi connectivity index (χ0n) is 18.0. The van der Waals surface area contributed by atoms with Crippen LogP contribution in [0.25, 0.3) is 0 Å². The molecule has 3 rings (SSSR count). The number of halogens is 5. The number of ether oxygens (including phenoxy) is 2. The van der Waals surface area contributed by atoms with E-state index in [1.54, 1.807) is 0 Å². The number of rotatable bonds is 8. The highest BCUT2D eigenvalue weighted by Crippen LogP contribution is 2.33. The number of nitrogens with zero attached hydrogens (tertiary/aromatic N) is 2. The van der Waals surface area contributed by atoms with Gasteiger partial charge in [-0.3, -0.25) is 9.59 Å². The van der Waals surface area contributed by atoms with Crippen molar-refractivity contribution in [2.24, 2.45) is 0 Å². The number of aromatic nitrogens is 1. The Morgan fingerprint density at radius 3 is 2.57 bits per heavy atom. The van der Waals surface area contributed by atoms with E-state index in [1.165, 1.54) is 12.1 Å². The largest absolute Gasteiger partial charge is 0.573 e. The minimum absolute atomic E-state index is 0.0325. The summed E-state index contributed by atoms with van der Waals surface area (Å²) in [5, 5.41) is 11.2. The normalized spacial score (nSPS) is 17.2. The second-order valence-electron chi connectivity index (χ2n) is 7.60. The number of aliphatic hydroxyl groups is 1. The number of hydrogen-bond acceptors (Lipinski definition) is 7. The Labute approximate surface area is 195 Å². The number of hydrogen-bond donors (Lipinski definition) is 3. The van der Waals surface area contributed by atoms with E-state index in [0.717, 1.165) is 29.3 Å². The molecule has 2 aromatic rings. The van der Waals surface area contributed by atoms with Crippen LogP contribution in [0.5, 0.6) is 11.5 Å². The molecule has 9 nitrogen and oxygen atoms in total. The average Bonchev–Trinajstić information content (AvgIpc) is 3.08. The van der Waals surface area contributed by atoms with E-state index in [2.05, 4.69) is 15.0 Å². The van der Waals surface area contributed by atoms with E-state index in [0.29, 0.717) is 5.56 Å². The first-order chi connectivity index (χ1) is 16.4. The maximum absolute atomic E-state index is 14.6. The molecule has 0 aliphatic carbocycles. The molecule has 1 aliphatic rings. The minimum atomic E-state index is -4.87. The number of carbonyl (C=O) groups excluding carboxylic acids is 2. The lowest BCUT2D eigenvalue weighted by Gasteiger charge is -2.20. The second-order valence-corrected chi connectivity index (χ2v) is 7.60. The molecule has 2 heterocycles. The molecule has 0 saturated carbocycles. The highest BCUT2D eigenvalue weighted by atomic mass is 19.4. The van der Waals surface area contributed by atoms with E-state index >= 15 is 0 Å². The highest BCUT2D eigenvalue weighted by Gasteiger charge is 2.51. The molecule has 0 radical (unpaired) electrons. The van der Waals surface area contributed by atoms with Crippen LogP contribution in [-0.2, 0) is 11.2 Å². The van der Waals surface area contributed by atoms with Crippen molar-refractivity contribution in [1.82, 2.24) is 15.2 Å². The fourth-order valence-corrected chi connectivity index (χ4v) is 3.26. The van der Waals surface area contributed by atoms with E-state index in [1.807, 2.05) is 0 Å². The Morgan fingerprint density at radius 1 is 1.26 bits per heavy atom. The standard InChI is InChI=1S/C21H21F5N4O5/c22-20(23)11-30(17(32)7-12-1-3-14(4-2-12)35-21(24,25)26)10-16(20)34-15-8-13(9-29-18(15)27)19(33)28-5-6-31/h1-4,8-9,16,31H,5-7,10-11H2,(H2,27,29)(H,28,33). The lowest BCUT2D eigenvalue weighted by Crippen LogP contribution is -2.36. The van der Waals surface area contributed by atoms with Crippen molar-refractivity contribution in [2.45, 2.75) is 24.8 Å². The van der Waals surface area contributed by atoms with E-state index in [9.17, 15) is 31.5 Å². The van der Waals surface area contributed by atoms with Gasteiger partial charge < -0.3 is 30.5 Å². The van der Waals surface area contributed by atoms with E-state index < -0.39 is 49.0 Å². The molecule has 14 heteroatoms. The number of amides is 2. The summed E-state index contributed by atoms with van der Waals surface area (Å²) in [6, 6.07) is 5.60. The summed E-state index contributed by atoms with van der Waals surface area (Å²) in [7, 11) is 0. The number of carbonyl (C=O) groups is 2. The first kappa shape index (κ1) is 25.9. The van der Waals surface area contributed by atoms with Crippen molar-refractivity contribution >= 4 is 17.6 Å². The van der Waals surface area contributed by atoms with Crippen LogP contribution < -0.4 is 20.5 Å². The van der Waals surface area contributed by atoms with Gasteiger partial charge in [-0.1, -0.05) is 12.1 Å². The van der Waals surface area contributed by atoms with Gasteiger partial charge in [0, 0.05) is 12.7 Å². The lowest BCUT2D eigenvalue weighted by molar-refractivity contribution is -0.274. The van der Waals surface area contributed by atoms with Gasteiger partial charge in [-0.25, -0.2) is 13.8 Å². The Hall–Kier alpha value is -3.68. The van der Waals surface area contributed by atoms with Crippen molar-refractivity contribution in [2.75, 3.05) is 32.0 Å². The first-order valence-electron chi connectivity index (χ1n) is 10.2. The van der Waals surface area contributed by atoms with Crippen molar-refractivity contribution in [3.63, 3.8) is 0 Å². The third kappa shape index (κ3) is 6.91. The summed E-state index contributed by atoms with van der Waals surface area (Å²) in [5.41, 5.74) is 5.96. The molecular weight excluding hydrogens is 483 g/mol. The minimum Gasteiger partial charge on any atom is -0.478 e. The van der Waals surface area contributed by atoms with Gasteiger partial charge in [0.25, 0.3) is 5.91 Å². The van der Waals surface area contributed by atoms with Crippen LogP contribution >= 0.6 is 0 Å². The van der Waals surface area contributed by atoms with Crippen LogP contribution in [0.4, 0.5) is 27.8 Å². The van der Waals surface area contributed by atoms with Crippen LogP contribution in [0.1, 0.15) is 15.9 Å². The molecule has 35 heavy (non-hydrogen) atoms. The first-order valence-corrected chi connectivity index (χ1v) is 10.2. The highest BCUT2D eigenvalue weighted by molar-refractivity contribution is 5.94. The number of nitrogens with two attached hydrogens (primary N) is 1. The van der Waals surface area contributed by atoms with Crippen molar-refractivity contribution in [1.29, 1.82) is 0 Å². The van der Waals surface area contributed by atoms with Crippen LogP contribution in [-0.4, -0.2) is 71.4 Å². The summed E-state index contributed by atoms with van der Waals surface area (Å²) in [5.74, 6) is -5.78. The molecule has 2 amide bonds. The van der Waals surface area contributed by atoms with E-state index in [-0.39, 0.29) is 36.7 Å². The molecule has 4 N–H and O–H groups in total. The van der Waals surface area contributed by atoms with E-state index in [4.69, 9.17) is 15.6 Å². The SMILES string of the molecule is Nc1ncc(C(=O)NCCO)cc1OC1CN(C(=O)Cc2ccc(OC(F)(F)F)cc2)CC1(F)F. The third-order valence-corrected chi connectivity index (χ3v) is 4.93. The van der Waals surface area contributed by atoms with Gasteiger partial charge in [-0.05, 0) is 23.8 Å². The predicted octanol–water partition coefficient (Wildman–Crippen LogP) is 1.75. The fraction of sp³-hybridized carbons (Fsp3) is 0.381. The lowest BCUT2D eigenvalue weighted by atomic mass is 10.1. The number of alkyl halides is 5. The van der Waals surface area contributed by atoms with Gasteiger partial charge in [-0.2, -0.15) is 0 Å². The monoisotopic (exact) mass is 504 g/mol. The summed E-state index contributed by atoms with van der Waals surface area (Å²) >= 11 is 0. The van der Waals surface area contributed by atoms with Crippen molar-refractivity contribution < 1.29 is 46.1 Å². The summed E-state index contributed by atoms with van der Waals surface area (Å²) in [6.07, 6.45) is -5.87. The number of benzene rings is 1. The van der Waals surface area contributed by atoms with Crippen molar-refractivity contribution in [3.05, 3.63) is 47.7 Å². The average molecular weight is 504 g/mol. The molecule has 1 saturated heterocycles. The van der Waals surface area contributed by atoms with Gasteiger partial charge in [-0.15, -0.1) is 13.2 Å². The van der Waals surface area contributed by atoms with Gasteiger partial charge in [0.2, 0.25) is 5.91 Å². The molecule has 1 aromatic heterocycles. The van der Waals surface area contributed by atoms with Crippen LogP contribution in [0.3, 0.4) is 0 Å². The summed E-state index contributed by atoms with van der Waals surface area (Å²) in [4.78, 5) is 29.2. The molecule has 190 valence electrons. The maximum atomic E-state index is 14.6. The number of pyridine rings is 1. The zero-order chi connectivity index (χ0) is 25.8. The topological polar surface area (TPSA) is 127 Å². The van der Waals surface area contributed by atoms with Crippen molar-refractivity contribution in [3.8, 4) is 11.5 Å². The molecule has 1 aliphatic heterocycles. The Kier molecular flexibility index (Phi) is 7.63. The van der Waals surface area contributed by atoms with Gasteiger partial charge >= 0.3 is 12.3 Å². The quantitative estimate of drug-likeness (QED) is 0.468. The number of anilines is 1. The zero-order valence-corrected chi connectivity index (χ0v) is 18.0. The van der Waals surface area contributed by atoms with Crippen LogP contribution in [0, 0.1) is 0 Å². The Morgan fingerprint density at radius 2 is 1.94 bits per heavy atom. The fourth-order valence-electron chi connectivity index (χ4n) is 3.26. The third-order valence-electron chi connectivity index (χ3n) is 4.93. The van der Waals surface area contributed by atoms with Gasteiger partial charge in [0.1, 0.15) is 5.75 Å². The number of likely N-dealkylation sites (tertiary alicyclic amines) is 1. The number of aliphatic hydroxyl groups excluding tert-OH is 1. The molecule has 1 aromatic carbocycles. The van der Waals surface area contributed by atoms with Crippen LogP contribution in [0.2, 0.25) is 0 Å². The maximum Gasteiger partial charge on any atom is 0.573 e. The molecule has 1 atom stereocenters. The molecule has 1 unspecified atom stereocenters. The molecule has 0 bridgehead atoms. The molecule has 0 spiro atoms. The smallest absolute Gasteiger partial charge is 0.478 e. The van der Waals surface area contributed by atoms with Crippen LogP contribution in [0.15, 0.2) is 36.5 Å². The number of nitrogens with one attached hydrogen (secondary N) is 1.